The van der Waals surface area contributed by atoms with Gasteiger partial charge in [-0.3, -0.25) is 4.90 Å². The third-order valence-electron chi connectivity index (χ3n) is 14.0. The Morgan fingerprint density at radius 2 is 1.16 bits per heavy atom. The van der Waals surface area contributed by atoms with E-state index in [0.717, 1.165) is 111 Å². The smallest absolute Gasteiger partial charge is 0.319 e. The number of hydrogen-bond donors (Lipinski definition) is 6. The van der Waals surface area contributed by atoms with Crippen LogP contribution in [-0.2, 0) is 0 Å². The summed E-state index contributed by atoms with van der Waals surface area (Å²) in [5.41, 5.74) is 27.6. The zero-order chi connectivity index (χ0) is 52.1. The fourth-order valence-corrected chi connectivity index (χ4v) is 9.93. The average Bonchev–Trinajstić information content (AvgIpc) is 4.29. The van der Waals surface area contributed by atoms with Crippen LogP contribution < -0.4 is 37.9 Å². The second-order valence-electron chi connectivity index (χ2n) is 19.3. The number of hydrogen-bond acceptors (Lipinski definition) is 16. The lowest BCUT2D eigenvalue weighted by Gasteiger charge is -2.15. The van der Waals surface area contributed by atoms with E-state index in [1.165, 1.54) is 83.7 Å². The van der Waals surface area contributed by atoms with Crippen LogP contribution in [0.3, 0.4) is 0 Å². The number of anilines is 5. The van der Waals surface area contributed by atoms with Crippen molar-refractivity contribution >= 4 is 67.8 Å². The van der Waals surface area contributed by atoms with Gasteiger partial charge in [0.2, 0.25) is 0 Å². The number of rotatable bonds is 13. The first-order valence-corrected chi connectivity index (χ1v) is 26.2. The minimum absolute atomic E-state index is 0.148. The van der Waals surface area contributed by atoms with Crippen molar-refractivity contribution in [2.75, 3.05) is 80.3 Å². The predicted molar refractivity (Wildman–Crippen MR) is 303 cm³/mol. The molecule has 3 fully saturated rings. The normalized spacial score (nSPS) is 14.7. The summed E-state index contributed by atoms with van der Waals surface area (Å²) in [7, 11) is 0. The number of ether oxygens (including phenoxy) is 1. The Morgan fingerprint density at radius 3 is 1.86 bits per heavy atom. The van der Waals surface area contributed by atoms with Gasteiger partial charge in [0.25, 0.3) is 0 Å². The van der Waals surface area contributed by atoms with Gasteiger partial charge in [0.1, 0.15) is 54.3 Å². The van der Waals surface area contributed by atoms with Gasteiger partial charge in [0.05, 0.1) is 22.2 Å². The van der Waals surface area contributed by atoms with E-state index in [2.05, 4.69) is 77.8 Å². The molecule has 0 spiro atoms. The molecule has 9 aromatic rings. The van der Waals surface area contributed by atoms with Crippen molar-refractivity contribution in [2.24, 2.45) is 0 Å². The molecule has 0 bridgehead atoms. The first kappa shape index (κ1) is 50.9. The molecule has 2 saturated heterocycles. The van der Waals surface area contributed by atoms with Crippen LogP contribution in [0.4, 0.5) is 33.8 Å². The van der Waals surface area contributed by atoms with Gasteiger partial charge >= 0.3 is 6.03 Å². The molecule has 5 aromatic heterocycles. The molecule has 388 valence electrons. The quantitative estimate of drug-likeness (QED) is 0.0629. The number of likely N-dealkylation sites (tertiary alicyclic amines) is 2. The first-order chi connectivity index (χ1) is 37.3. The molecule has 0 unspecified atom stereocenters. The van der Waals surface area contributed by atoms with E-state index in [1.807, 2.05) is 103 Å². The van der Waals surface area contributed by atoms with Crippen molar-refractivity contribution in [3.05, 3.63) is 134 Å². The fourth-order valence-electron chi connectivity index (χ4n) is 9.93. The Morgan fingerprint density at radius 1 is 0.566 bits per heavy atom. The predicted octanol–water partition coefficient (Wildman–Crippen LogP) is 9.47. The van der Waals surface area contributed by atoms with Crippen LogP contribution in [0.15, 0.2) is 134 Å². The van der Waals surface area contributed by atoms with Crippen molar-refractivity contribution in [2.45, 2.75) is 57.4 Å². The topological polar surface area (TPSA) is 250 Å². The van der Waals surface area contributed by atoms with Gasteiger partial charge in [0, 0.05) is 53.9 Å². The van der Waals surface area contributed by atoms with Crippen LogP contribution in [-0.4, -0.2) is 114 Å². The van der Waals surface area contributed by atoms with Gasteiger partial charge < -0.3 is 42.8 Å². The molecule has 12 rings (SSSR count). The first-order valence-electron chi connectivity index (χ1n) is 26.2. The van der Waals surface area contributed by atoms with Gasteiger partial charge in [-0.25, -0.2) is 44.7 Å². The summed E-state index contributed by atoms with van der Waals surface area (Å²) in [5, 5.41) is 11.1. The maximum atomic E-state index is 12.2. The standard InChI is InChI=1S/C20H21N5O.C19H22N6.C19H21N5O/c21-19-17-11-14(8-9-18(17)22-12-23-19)13-4-3-7-16(10-13)25-20(26)24-15-5-1-2-6-15;20-19-16-11-14(3-4-17(16)23-13-24-19)15-5-6-21-18(12-15)22-7-10-25-8-1-2-9-25;20-19-18-17(21-13-22-19)7-6-16(23-18)14-4-3-5-15(12-14)25-11-10-24-8-1-2-9-24/h3-4,7-12,15H,1-2,5-6H2,(H2,21,22,23)(H2,24,25,26);3-6,11-13H,1-2,7-10H2,(H,21,22)(H2,20,23,24);3-7,12-13H,1-2,8-11H2,(H2,20,21,22). The highest BCUT2D eigenvalue weighted by Gasteiger charge is 2.18. The molecule has 76 heavy (non-hydrogen) atoms. The Balaban J connectivity index is 0.000000130. The monoisotopic (exact) mass is 1020 g/mol. The number of aromatic nitrogens is 8. The number of amides is 2. The van der Waals surface area contributed by atoms with Gasteiger partial charge in [-0.1, -0.05) is 49.2 Å². The van der Waals surface area contributed by atoms with Crippen LogP contribution in [0.25, 0.3) is 66.4 Å². The summed E-state index contributed by atoms with van der Waals surface area (Å²) in [6.07, 6.45) is 16.0. The Bertz CT molecular complexity index is 3270. The number of pyridine rings is 2. The van der Waals surface area contributed by atoms with Crippen LogP contribution in [0.2, 0.25) is 0 Å². The lowest BCUT2D eigenvalue weighted by atomic mass is 10.0. The number of carbonyl (C=O) groups is 1. The molecule has 7 heterocycles. The van der Waals surface area contributed by atoms with Crippen molar-refractivity contribution < 1.29 is 9.53 Å². The molecule has 9 N–H and O–H groups in total. The highest BCUT2D eigenvalue weighted by Crippen LogP contribution is 2.30. The summed E-state index contributed by atoms with van der Waals surface area (Å²) in [6.45, 7) is 8.47. The molecule has 2 aliphatic heterocycles. The number of benzene rings is 4. The number of nitrogen functional groups attached to an aromatic ring is 3. The number of nitrogens with two attached hydrogens (primary N) is 3. The Kier molecular flexibility index (Phi) is 16.5. The summed E-state index contributed by atoms with van der Waals surface area (Å²) < 4.78 is 5.92. The number of urea groups is 1. The van der Waals surface area contributed by atoms with Crippen LogP contribution >= 0.6 is 0 Å². The van der Waals surface area contributed by atoms with Crippen molar-refractivity contribution in [1.82, 2.24) is 55.0 Å². The maximum Gasteiger partial charge on any atom is 0.319 e. The van der Waals surface area contributed by atoms with Crippen LogP contribution in [0.1, 0.15) is 51.4 Å². The third kappa shape index (κ3) is 13.2. The lowest BCUT2D eigenvalue weighted by Crippen LogP contribution is -2.36. The van der Waals surface area contributed by atoms with Crippen LogP contribution in [0, 0.1) is 0 Å². The molecule has 18 heteroatoms. The molecular formula is C58H64N16O2. The Labute approximate surface area is 442 Å². The molecule has 2 amide bonds. The number of carbonyl (C=O) groups excluding carboxylic acids is 1. The summed E-state index contributed by atoms with van der Waals surface area (Å²) in [4.78, 5) is 51.0. The molecule has 0 atom stereocenters. The van der Waals surface area contributed by atoms with E-state index < -0.39 is 0 Å². The Hall–Kier alpha value is -8.61. The number of nitrogens with one attached hydrogen (secondary N) is 3. The third-order valence-corrected chi connectivity index (χ3v) is 14.0. The van der Waals surface area contributed by atoms with Crippen molar-refractivity contribution in [3.63, 3.8) is 0 Å². The van der Waals surface area contributed by atoms with Gasteiger partial charge in [-0.05, 0) is 160 Å². The van der Waals surface area contributed by atoms with Gasteiger partial charge in [-0.15, -0.1) is 0 Å². The van der Waals surface area contributed by atoms with E-state index in [0.29, 0.717) is 35.6 Å². The van der Waals surface area contributed by atoms with Gasteiger partial charge in [0.15, 0.2) is 5.82 Å². The number of fused-ring (bicyclic) bond motifs is 3. The zero-order valence-electron chi connectivity index (χ0n) is 42.6. The molecule has 1 saturated carbocycles. The minimum Gasteiger partial charge on any atom is -0.492 e. The lowest BCUT2D eigenvalue weighted by molar-refractivity contribution is 0.238. The second kappa shape index (κ2) is 24.6. The van der Waals surface area contributed by atoms with Gasteiger partial charge in [-0.2, -0.15) is 0 Å². The second-order valence-corrected chi connectivity index (χ2v) is 19.3. The molecule has 1 aliphatic carbocycles. The summed E-state index contributed by atoms with van der Waals surface area (Å²) in [6, 6.07) is 35.8. The SMILES string of the molecule is Nc1ncnc2ccc(-c3cccc(NC(=O)NC4CCCC4)c3)cc12.Nc1ncnc2ccc(-c3cccc(OCCN4CCCC4)c3)nc12.Nc1ncnc2ccc(-c3ccnc(NCCN4CCCC4)c3)cc12. The highest BCUT2D eigenvalue weighted by molar-refractivity contribution is 5.94. The van der Waals surface area contributed by atoms with E-state index >= 15 is 0 Å². The molecular weight excluding hydrogens is 953 g/mol. The molecule has 0 radical (unpaired) electrons. The van der Waals surface area contributed by atoms with E-state index in [1.54, 1.807) is 0 Å². The van der Waals surface area contributed by atoms with E-state index in [9.17, 15) is 4.79 Å². The number of nitrogens with zero attached hydrogens (tertiary/aromatic N) is 10. The zero-order valence-corrected chi connectivity index (χ0v) is 42.6. The summed E-state index contributed by atoms with van der Waals surface area (Å²) in [5.74, 6) is 3.11. The van der Waals surface area contributed by atoms with Crippen molar-refractivity contribution in [1.29, 1.82) is 0 Å². The van der Waals surface area contributed by atoms with Crippen LogP contribution in [0.5, 0.6) is 5.75 Å². The van der Waals surface area contributed by atoms with Crippen molar-refractivity contribution in [3.8, 4) is 39.3 Å². The summed E-state index contributed by atoms with van der Waals surface area (Å²) >= 11 is 0. The van der Waals surface area contributed by atoms with E-state index in [-0.39, 0.29) is 6.03 Å². The maximum absolute atomic E-state index is 12.2. The fraction of sp³-hybridized carbons (Fsp3) is 0.293. The average molecular weight is 1020 g/mol. The molecule has 3 aliphatic rings. The molecule has 4 aromatic carbocycles. The molecule has 18 nitrogen and oxygen atoms in total. The van der Waals surface area contributed by atoms with E-state index in [4.69, 9.17) is 21.9 Å². The largest absolute Gasteiger partial charge is 0.492 e. The minimum atomic E-state index is -0.148. The highest BCUT2D eigenvalue weighted by atomic mass is 16.5.